The van der Waals surface area contributed by atoms with Crippen molar-refractivity contribution in [2.24, 2.45) is 0 Å². The third-order valence-electron chi connectivity index (χ3n) is 2.40. The first-order valence-electron chi connectivity index (χ1n) is 4.90. The van der Waals surface area contributed by atoms with Crippen LogP contribution in [0.1, 0.15) is 0 Å². The zero-order chi connectivity index (χ0) is 11.0. The molecule has 3 nitrogen and oxygen atoms in total. The van der Waals surface area contributed by atoms with Crippen LogP contribution in [0.25, 0.3) is 16.9 Å². The summed E-state index contributed by atoms with van der Waals surface area (Å²) in [6.45, 7) is 0. The maximum Gasteiger partial charge on any atom is 0.153 e. The van der Waals surface area contributed by atoms with Gasteiger partial charge >= 0.3 is 0 Å². The van der Waals surface area contributed by atoms with Crippen LogP contribution in [0.2, 0.25) is 0 Å². The van der Waals surface area contributed by atoms with Crippen LogP contribution in [0.3, 0.4) is 0 Å². The number of hydrogen-bond acceptors (Lipinski definition) is 2. The summed E-state index contributed by atoms with van der Waals surface area (Å²) in [5.74, 6) is -0.269. The van der Waals surface area contributed by atoms with Crippen molar-refractivity contribution in [3.05, 3.63) is 54.6 Å². The van der Waals surface area contributed by atoms with Gasteiger partial charge < -0.3 is 0 Å². The highest BCUT2D eigenvalue weighted by Crippen LogP contribution is 2.20. The maximum atomic E-state index is 13.5. The van der Waals surface area contributed by atoms with Crippen molar-refractivity contribution < 1.29 is 4.39 Å². The summed E-state index contributed by atoms with van der Waals surface area (Å²) < 4.78 is 15.2. The molecular weight excluding hydrogens is 205 g/mol. The Morgan fingerprint density at radius 1 is 1.06 bits per heavy atom. The number of nitrogens with zero attached hydrogens (tertiary/aromatic N) is 3. The van der Waals surface area contributed by atoms with E-state index in [0.29, 0.717) is 11.3 Å². The van der Waals surface area contributed by atoms with Crippen molar-refractivity contribution in [3.63, 3.8) is 0 Å². The number of rotatable bonds is 1. The van der Waals surface area contributed by atoms with Crippen LogP contribution in [0.5, 0.6) is 0 Å². The topological polar surface area (TPSA) is 30.2 Å². The standard InChI is InChI=1S/C12H8FN3/c13-10-4-2-1-3-9(10)11-5-6-12-14-7-8-16(12)15-11/h1-8H. The van der Waals surface area contributed by atoms with Gasteiger partial charge in [0, 0.05) is 18.0 Å². The average Bonchev–Trinajstić information content (AvgIpc) is 2.76. The molecule has 2 aromatic heterocycles. The third kappa shape index (κ3) is 1.35. The smallest absolute Gasteiger partial charge is 0.153 e. The molecule has 0 amide bonds. The summed E-state index contributed by atoms with van der Waals surface area (Å²) in [5.41, 5.74) is 1.85. The highest BCUT2D eigenvalue weighted by atomic mass is 19.1. The van der Waals surface area contributed by atoms with Gasteiger partial charge in [0.2, 0.25) is 0 Å². The second kappa shape index (κ2) is 3.41. The van der Waals surface area contributed by atoms with Crippen molar-refractivity contribution in [1.82, 2.24) is 14.6 Å². The molecule has 0 bridgehead atoms. The Hall–Kier alpha value is -2.23. The predicted molar refractivity (Wildman–Crippen MR) is 58.4 cm³/mol. The molecule has 0 aliphatic heterocycles. The highest BCUT2D eigenvalue weighted by Gasteiger charge is 2.06. The minimum atomic E-state index is -0.269. The molecule has 0 N–H and O–H groups in total. The van der Waals surface area contributed by atoms with Gasteiger partial charge in [-0.1, -0.05) is 12.1 Å². The van der Waals surface area contributed by atoms with Crippen molar-refractivity contribution in [2.75, 3.05) is 0 Å². The average molecular weight is 213 g/mol. The van der Waals surface area contributed by atoms with Gasteiger partial charge in [-0.15, -0.1) is 0 Å². The summed E-state index contributed by atoms with van der Waals surface area (Å²) in [4.78, 5) is 4.08. The van der Waals surface area contributed by atoms with E-state index in [1.165, 1.54) is 6.07 Å². The molecule has 0 spiro atoms. The van der Waals surface area contributed by atoms with E-state index in [9.17, 15) is 4.39 Å². The minimum absolute atomic E-state index is 0.269. The number of aromatic nitrogens is 3. The molecule has 4 heteroatoms. The maximum absolute atomic E-state index is 13.5. The van der Waals surface area contributed by atoms with Gasteiger partial charge in [0.25, 0.3) is 0 Å². The lowest BCUT2D eigenvalue weighted by atomic mass is 10.1. The number of benzene rings is 1. The molecule has 0 atom stereocenters. The van der Waals surface area contributed by atoms with E-state index in [2.05, 4.69) is 10.1 Å². The molecule has 0 aliphatic carbocycles. The largest absolute Gasteiger partial charge is 0.236 e. The van der Waals surface area contributed by atoms with Crippen LogP contribution in [-0.2, 0) is 0 Å². The van der Waals surface area contributed by atoms with Crippen LogP contribution in [0.4, 0.5) is 4.39 Å². The molecule has 3 aromatic rings. The Morgan fingerprint density at radius 3 is 2.81 bits per heavy atom. The first kappa shape index (κ1) is 9.03. The van der Waals surface area contributed by atoms with Gasteiger partial charge in [0.1, 0.15) is 5.82 Å². The molecule has 1 aromatic carbocycles. The zero-order valence-electron chi connectivity index (χ0n) is 8.34. The second-order valence-corrected chi connectivity index (χ2v) is 3.43. The number of halogens is 1. The first-order valence-corrected chi connectivity index (χ1v) is 4.90. The molecule has 0 fully saturated rings. The van der Waals surface area contributed by atoms with Crippen LogP contribution in [-0.4, -0.2) is 14.6 Å². The molecule has 0 aliphatic rings. The summed E-state index contributed by atoms with van der Waals surface area (Å²) in [6, 6.07) is 10.2. The minimum Gasteiger partial charge on any atom is -0.236 e. The van der Waals surface area contributed by atoms with Gasteiger partial charge in [-0.25, -0.2) is 13.9 Å². The molecule has 2 heterocycles. The lowest BCUT2D eigenvalue weighted by Gasteiger charge is -2.02. The van der Waals surface area contributed by atoms with E-state index in [1.807, 2.05) is 6.07 Å². The molecule has 78 valence electrons. The summed E-state index contributed by atoms with van der Waals surface area (Å²) >= 11 is 0. The van der Waals surface area contributed by atoms with Crippen LogP contribution < -0.4 is 0 Å². The van der Waals surface area contributed by atoms with Crippen molar-refractivity contribution in [2.45, 2.75) is 0 Å². The Kier molecular flexibility index (Phi) is 1.93. The van der Waals surface area contributed by atoms with Crippen molar-refractivity contribution in [3.8, 4) is 11.3 Å². The van der Waals surface area contributed by atoms with Gasteiger partial charge in [-0.2, -0.15) is 5.10 Å². The van der Waals surface area contributed by atoms with Gasteiger partial charge in [-0.3, -0.25) is 0 Å². The Labute approximate surface area is 91.2 Å². The Bertz CT molecular complexity index is 645. The number of imidazole rings is 1. The Morgan fingerprint density at radius 2 is 1.94 bits per heavy atom. The van der Waals surface area contributed by atoms with Gasteiger partial charge in [0.15, 0.2) is 5.65 Å². The van der Waals surface area contributed by atoms with E-state index >= 15 is 0 Å². The van der Waals surface area contributed by atoms with Crippen LogP contribution >= 0.6 is 0 Å². The summed E-state index contributed by atoms with van der Waals surface area (Å²) in [5, 5.41) is 4.28. The lowest BCUT2D eigenvalue weighted by Crippen LogP contribution is -1.94. The molecule has 16 heavy (non-hydrogen) atoms. The third-order valence-corrected chi connectivity index (χ3v) is 2.40. The molecule has 0 radical (unpaired) electrons. The van der Waals surface area contributed by atoms with Gasteiger partial charge in [-0.05, 0) is 24.3 Å². The number of hydrogen-bond donors (Lipinski definition) is 0. The zero-order valence-corrected chi connectivity index (χ0v) is 8.34. The van der Waals surface area contributed by atoms with E-state index in [4.69, 9.17) is 0 Å². The normalized spacial score (nSPS) is 10.8. The second-order valence-electron chi connectivity index (χ2n) is 3.43. The van der Waals surface area contributed by atoms with Crippen LogP contribution in [0.15, 0.2) is 48.8 Å². The molecule has 3 rings (SSSR count). The van der Waals surface area contributed by atoms with E-state index < -0.39 is 0 Å². The van der Waals surface area contributed by atoms with Gasteiger partial charge in [0.05, 0.1) is 5.69 Å². The lowest BCUT2D eigenvalue weighted by molar-refractivity contribution is 0.630. The van der Waals surface area contributed by atoms with E-state index in [1.54, 1.807) is 41.2 Å². The monoisotopic (exact) mass is 213 g/mol. The predicted octanol–water partition coefficient (Wildman–Crippen LogP) is 2.54. The fourth-order valence-electron chi connectivity index (χ4n) is 1.63. The quantitative estimate of drug-likeness (QED) is 0.621. The van der Waals surface area contributed by atoms with E-state index in [0.717, 1.165) is 5.65 Å². The fraction of sp³-hybridized carbons (Fsp3) is 0. The Balaban J connectivity index is 2.22. The number of fused-ring (bicyclic) bond motifs is 1. The first-order chi connectivity index (χ1) is 7.84. The SMILES string of the molecule is Fc1ccccc1-c1ccc2nccn2n1. The summed E-state index contributed by atoms with van der Waals surface area (Å²) in [7, 11) is 0. The fourth-order valence-corrected chi connectivity index (χ4v) is 1.63. The molecule has 0 saturated carbocycles. The van der Waals surface area contributed by atoms with Crippen LogP contribution in [0, 0.1) is 5.82 Å². The van der Waals surface area contributed by atoms with E-state index in [-0.39, 0.29) is 5.82 Å². The van der Waals surface area contributed by atoms with Crippen molar-refractivity contribution in [1.29, 1.82) is 0 Å². The van der Waals surface area contributed by atoms with Crippen molar-refractivity contribution >= 4 is 5.65 Å². The molecule has 0 saturated heterocycles. The molecular formula is C12H8FN3. The molecule has 0 unspecified atom stereocenters. The summed E-state index contributed by atoms with van der Waals surface area (Å²) in [6.07, 6.45) is 3.40. The highest BCUT2D eigenvalue weighted by molar-refractivity contribution is 5.60.